The Morgan fingerprint density at radius 3 is 2.45 bits per heavy atom. The van der Waals surface area contributed by atoms with E-state index in [2.05, 4.69) is 20.8 Å². The van der Waals surface area contributed by atoms with Crippen LogP contribution in [0.1, 0.15) is 37.1 Å². The summed E-state index contributed by atoms with van der Waals surface area (Å²) in [7, 11) is 3.27. The summed E-state index contributed by atoms with van der Waals surface area (Å²) in [5.41, 5.74) is 2.98. The Labute approximate surface area is 239 Å². The zero-order valence-electron chi connectivity index (χ0n) is 23.7. The quantitative estimate of drug-likeness (QED) is 0.440. The van der Waals surface area contributed by atoms with Crippen molar-refractivity contribution >= 4 is 29.4 Å². The van der Waals surface area contributed by atoms with E-state index >= 15 is 0 Å². The summed E-state index contributed by atoms with van der Waals surface area (Å²) in [6, 6.07) is 15.7. The maximum Gasteiger partial charge on any atom is 0.242 e. The van der Waals surface area contributed by atoms with Gasteiger partial charge in [-0.3, -0.25) is 14.5 Å². The molecule has 1 fully saturated rings. The number of nitrogens with zero attached hydrogens (tertiary/aromatic N) is 4. The van der Waals surface area contributed by atoms with Crippen molar-refractivity contribution in [3.05, 3.63) is 59.7 Å². The van der Waals surface area contributed by atoms with Crippen molar-refractivity contribution in [1.29, 1.82) is 0 Å². The molecule has 1 saturated heterocycles. The summed E-state index contributed by atoms with van der Waals surface area (Å²) in [6.45, 7) is 8.12. The molecule has 3 aromatic rings. The van der Waals surface area contributed by atoms with Gasteiger partial charge in [-0.25, -0.2) is 4.68 Å². The van der Waals surface area contributed by atoms with Crippen LogP contribution in [0.3, 0.4) is 0 Å². The molecule has 2 aromatic carbocycles. The van der Waals surface area contributed by atoms with E-state index in [1.165, 1.54) is 11.8 Å². The third-order valence-corrected chi connectivity index (χ3v) is 8.38. The van der Waals surface area contributed by atoms with Gasteiger partial charge in [0.05, 0.1) is 49.7 Å². The molecule has 0 spiro atoms. The number of fused-ring (bicyclic) bond motifs is 1. The molecule has 1 aromatic heterocycles. The van der Waals surface area contributed by atoms with E-state index in [-0.39, 0.29) is 29.4 Å². The lowest BCUT2D eigenvalue weighted by Crippen LogP contribution is -2.48. The lowest BCUT2D eigenvalue weighted by atomic mass is 9.98. The maximum atomic E-state index is 13.9. The monoisotopic (exact) mass is 564 g/mol. The van der Waals surface area contributed by atoms with Gasteiger partial charge in [0.15, 0.2) is 0 Å². The Morgan fingerprint density at radius 2 is 1.80 bits per heavy atom. The molecular weight excluding hydrogens is 528 g/mol. The minimum atomic E-state index is -0.477. The van der Waals surface area contributed by atoms with Gasteiger partial charge in [0.2, 0.25) is 11.8 Å². The zero-order chi connectivity index (χ0) is 28.4. The number of aromatic nitrogens is 2. The fourth-order valence-electron chi connectivity index (χ4n) is 5.13. The number of rotatable bonds is 6. The number of morpholine rings is 1. The Morgan fingerprint density at radius 1 is 1.07 bits per heavy atom. The molecule has 9 nitrogen and oxygen atoms in total. The average molecular weight is 565 g/mol. The van der Waals surface area contributed by atoms with Gasteiger partial charge in [-0.05, 0) is 39.0 Å². The second kappa shape index (κ2) is 11.5. The first-order chi connectivity index (χ1) is 19.2. The van der Waals surface area contributed by atoms with Gasteiger partial charge in [-0.15, -0.1) is 11.8 Å². The maximum absolute atomic E-state index is 13.9. The van der Waals surface area contributed by atoms with Crippen molar-refractivity contribution in [3.63, 3.8) is 0 Å². The molecule has 0 saturated carbocycles. The van der Waals surface area contributed by atoms with E-state index in [1.807, 2.05) is 53.2 Å². The molecule has 0 aliphatic carbocycles. The van der Waals surface area contributed by atoms with Gasteiger partial charge in [0.1, 0.15) is 23.9 Å². The molecular formula is C30H36N4O5S. The number of amides is 2. The smallest absolute Gasteiger partial charge is 0.242 e. The van der Waals surface area contributed by atoms with Gasteiger partial charge in [0.25, 0.3) is 0 Å². The van der Waals surface area contributed by atoms with Crippen LogP contribution < -0.4 is 14.4 Å². The molecule has 1 atom stereocenters. The molecule has 212 valence electrons. The highest BCUT2D eigenvalue weighted by Gasteiger charge is 2.40. The molecule has 0 N–H and O–H groups in total. The summed E-state index contributed by atoms with van der Waals surface area (Å²) in [5, 5.41) is 4.84. The number of carbonyl (C=O) groups excluding carboxylic acids is 2. The fraction of sp³-hybridized carbons (Fsp3) is 0.433. The lowest BCUT2D eigenvalue weighted by Gasteiger charge is -2.32. The van der Waals surface area contributed by atoms with Crippen molar-refractivity contribution in [3.8, 4) is 22.8 Å². The Kier molecular flexibility index (Phi) is 8.09. The molecule has 5 rings (SSSR count). The molecule has 2 amide bonds. The summed E-state index contributed by atoms with van der Waals surface area (Å²) in [6.07, 6.45) is 0. The van der Waals surface area contributed by atoms with Crippen LogP contribution in [0.25, 0.3) is 11.3 Å². The molecule has 0 radical (unpaired) electrons. The number of hydrogen-bond acceptors (Lipinski definition) is 7. The number of thioether (sulfide) groups is 1. The standard InChI is InChI=1S/C30H36N4O5S/c1-30(2,3)34-29-26(27(31-34)20-9-7-6-8-10-20)28(22-17-21(37-4)11-12-23(22)38-5)40-19-25(36)33(29)18-24(35)32-13-15-39-16-14-32/h6-12,17,28H,13-16,18-19H2,1-5H3. The number of hydrogen-bond donors (Lipinski definition) is 0. The Hall–Kier alpha value is -3.50. The second-order valence-corrected chi connectivity index (χ2v) is 11.9. The van der Waals surface area contributed by atoms with E-state index in [0.29, 0.717) is 43.6 Å². The predicted molar refractivity (Wildman–Crippen MR) is 156 cm³/mol. The van der Waals surface area contributed by atoms with E-state index in [0.717, 1.165) is 22.4 Å². The molecule has 1 unspecified atom stereocenters. The highest BCUT2D eigenvalue weighted by molar-refractivity contribution is 8.00. The third kappa shape index (κ3) is 5.42. The van der Waals surface area contributed by atoms with Crippen LogP contribution in [0.5, 0.6) is 11.5 Å². The van der Waals surface area contributed by atoms with Gasteiger partial charge < -0.3 is 19.1 Å². The molecule has 2 aliphatic rings. The SMILES string of the molecule is COc1ccc(OC)c(C2SCC(=O)N(CC(=O)N3CCOCC3)c3c2c(-c2ccccc2)nn3C(C)(C)C)c1. The van der Waals surface area contributed by atoms with Crippen LogP contribution in [0.15, 0.2) is 48.5 Å². The highest BCUT2D eigenvalue weighted by atomic mass is 32.2. The lowest BCUT2D eigenvalue weighted by molar-refractivity contribution is -0.134. The van der Waals surface area contributed by atoms with Gasteiger partial charge in [-0.1, -0.05) is 30.3 Å². The summed E-state index contributed by atoms with van der Waals surface area (Å²) < 4.78 is 18.7. The molecule has 2 aliphatic heterocycles. The fourth-order valence-corrected chi connectivity index (χ4v) is 6.35. The minimum Gasteiger partial charge on any atom is -0.497 e. The number of methoxy groups -OCH3 is 2. The minimum absolute atomic E-state index is 0.0651. The molecule has 3 heterocycles. The number of carbonyl (C=O) groups is 2. The van der Waals surface area contributed by atoms with E-state index in [4.69, 9.17) is 19.3 Å². The largest absolute Gasteiger partial charge is 0.497 e. The predicted octanol–water partition coefficient (Wildman–Crippen LogP) is 4.35. The van der Waals surface area contributed by atoms with Crippen LogP contribution in [-0.4, -0.2) is 79.3 Å². The van der Waals surface area contributed by atoms with Crippen molar-refractivity contribution in [1.82, 2.24) is 14.7 Å². The number of ether oxygens (including phenoxy) is 3. The van der Waals surface area contributed by atoms with Crippen LogP contribution >= 0.6 is 11.8 Å². The van der Waals surface area contributed by atoms with Crippen LogP contribution in [-0.2, 0) is 19.9 Å². The van der Waals surface area contributed by atoms with Crippen LogP contribution in [0, 0.1) is 0 Å². The highest BCUT2D eigenvalue weighted by Crippen LogP contribution is 2.51. The van der Waals surface area contributed by atoms with Gasteiger partial charge in [0, 0.05) is 29.8 Å². The molecule has 40 heavy (non-hydrogen) atoms. The van der Waals surface area contributed by atoms with Gasteiger partial charge >= 0.3 is 0 Å². The van der Waals surface area contributed by atoms with Gasteiger partial charge in [-0.2, -0.15) is 5.10 Å². The summed E-state index contributed by atoms with van der Waals surface area (Å²) in [4.78, 5) is 30.8. The van der Waals surface area contributed by atoms with Crippen molar-refractivity contribution in [2.75, 3.05) is 57.7 Å². The first-order valence-corrected chi connectivity index (χ1v) is 14.5. The van der Waals surface area contributed by atoms with Crippen molar-refractivity contribution in [2.45, 2.75) is 31.6 Å². The summed E-state index contributed by atoms with van der Waals surface area (Å²) in [5.74, 6) is 1.97. The number of anilines is 1. The van der Waals surface area contributed by atoms with Crippen LogP contribution in [0.4, 0.5) is 5.82 Å². The molecule has 10 heteroatoms. The molecule has 0 bridgehead atoms. The van der Waals surface area contributed by atoms with E-state index < -0.39 is 5.54 Å². The second-order valence-electron chi connectivity index (χ2n) is 10.8. The first kappa shape index (κ1) is 28.0. The first-order valence-electron chi connectivity index (χ1n) is 13.4. The Bertz CT molecular complexity index is 1380. The van der Waals surface area contributed by atoms with Crippen molar-refractivity contribution in [2.24, 2.45) is 0 Å². The average Bonchev–Trinajstić information content (AvgIpc) is 3.31. The third-order valence-electron chi connectivity index (χ3n) is 7.15. The van der Waals surface area contributed by atoms with Crippen LogP contribution in [0.2, 0.25) is 0 Å². The Balaban J connectivity index is 1.75. The topological polar surface area (TPSA) is 86.1 Å². The van der Waals surface area contributed by atoms with E-state index in [9.17, 15) is 9.59 Å². The summed E-state index contributed by atoms with van der Waals surface area (Å²) >= 11 is 1.51. The van der Waals surface area contributed by atoms with E-state index in [1.54, 1.807) is 24.0 Å². The number of benzene rings is 2. The van der Waals surface area contributed by atoms with Crippen molar-refractivity contribution < 1.29 is 23.8 Å². The zero-order valence-corrected chi connectivity index (χ0v) is 24.5. The normalized spacial score (nSPS) is 17.8.